The molecule has 1 rings (SSSR count). The van der Waals surface area contributed by atoms with Crippen LogP contribution in [0.3, 0.4) is 0 Å². The topological polar surface area (TPSA) is 55.5 Å². The fourth-order valence-electron chi connectivity index (χ4n) is 0.800. The summed E-state index contributed by atoms with van der Waals surface area (Å²) in [6, 6.07) is 1.78. The Morgan fingerprint density at radius 1 is 1.73 bits per heavy atom. The fourth-order valence-corrected chi connectivity index (χ4v) is 0.800. The van der Waals surface area contributed by atoms with E-state index in [-0.39, 0.29) is 6.61 Å². The van der Waals surface area contributed by atoms with Crippen molar-refractivity contribution < 1.29 is 14.4 Å². The van der Waals surface area contributed by atoms with Crippen molar-refractivity contribution in [1.82, 2.24) is 5.16 Å². The van der Waals surface area contributed by atoms with E-state index in [4.69, 9.17) is 14.4 Å². The number of rotatable bonds is 4. The van der Waals surface area contributed by atoms with Gasteiger partial charge in [-0.15, -0.1) is 0 Å². The maximum Gasteiger partial charge on any atom is 0.139 e. The summed E-state index contributed by atoms with van der Waals surface area (Å²) >= 11 is 0. The summed E-state index contributed by atoms with van der Waals surface area (Å²) in [7, 11) is 1.60. The van der Waals surface area contributed by atoms with E-state index in [2.05, 4.69) is 5.16 Å². The van der Waals surface area contributed by atoms with E-state index in [0.29, 0.717) is 18.8 Å². The van der Waals surface area contributed by atoms with Crippen molar-refractivity contribution in [2.45, 2.75) is 13.0 Å². The largest absolute Gasteiger partial charge is 0.396 e. The Hall–Kier alpha value is -0.870. The average molecular weight is 157 g/mol. The molecule has 0 fully saturated rings. The third-order valence-electron chi connectivity index (χ3n) is 1.26. The first-order valence-electron chi connectivity index (χ1n) is 3.41. The van der Waals surface area contributed by atoms with Gasteiger partial charge < -0.3 is 14.4 Å². The lowest BCUT2D eigenvalue weighted by Gasteiger charge is -1.87. The zero-order valence-corrected chi connectivity index (χ0v) is 6.41. The van der Waals surface area contributed by atoms with Crippen molar-refractivity contribution in [2.75, 3.05) is 13.7 Å². The highest BCUT2D eigenvalue weighted by Gasteiger charge is 2.01. The predicted molar refractivity (Wildman–Crippen MR) is 38.0 cm³/mol. The first-order chi connectivity index (χ1) is 5.36. The van der Waals surface area contributed by atoms with Crippen molar-refractivity contribution >= 4 is 0 Å². The van der Waals surface area contributed by atoms with E-state index in [1.807, 2.05) is 0 Å². The lowest BCUT2D eigenvalue weighted by atomic mass is 10.3. The van der Waals surface area contributed by atoms with Crippen molar-refractivity contribution in [1.29, 1.82) is 0 Å². The summed E-state index contributed by atoms with van der Waals surface area (Å²) < 4.78 is 9.70. The predicted octanol–water partition coefficient (Wildman–Crippen LogP) is 0.356. The molecule has 0 spiro atoms. The molecule has 0 amide bonds. The molecule has 11 heavy (non-hydrogen) atoms. The van der Waals surface area contributed by atoms with Gasteiger partial charge in [0, 0.05) is 19.6 Å². The summed E-state index contributed by atoms with van der Waals surface area (Å²) in [4.78, 5) is 0. The van der Waals surface area contributed by atoms with E-state index in [1.54, 1.807) is 13.2 Å². The lowest BCUT2D eigenvalue weighted by Crippen LogP contribution is -1.87. The zero-order valence-electron chi connectivity index (χ0n) is 6.41. The molecule has 0 aliphatic rings. The second-order valence-corrected chi connectivity index (χ2v) is 2.19. The molecule has 1 N–H and O–H groups in total. The van der Waals surface area contributed by atoms with Crippen LogP contribution in [0.25, 0.3) is 0 Å². The molecule has 1 heterocycles. The highest BCUT2D eigenvalue weighted by molar-refractivity contribution is 5.04. The minimum atomic E-state index is 0.0849. The van der Waals surface area contributed by atoms with Gasteiger partial charge in [-0.2, -0.15) is 0 Å². The molecular weight excluding hydrogens is 146 g/mol. The number of methoxy groups -OCH3 is 1. The van der Waals surface area contributed by atoms with Crippen LogP contribution in [-0.4, -0.2) is 24.0 Å². The van der Waals surface area contributed by atoms with Gasteiger partial charge in [0.15, 0.2) is 0 Å². The van der Waals surface area contributed by atoms with E-state index >= 15 is 0 Å². The van der Waals surface area contributed by atoms with E-state index in [0.717, 1.165) is 5.69 Å². The Labute approximate surface area is 64.8 Å². The van der Waals surface area contributed by atoms with E-state index in [1.165, 1.54) is 0 Å². The van der Waals surface area contributed by atoms with Crippen LogP contribution in [0.2, 0.25) is 0 Å². The van der Waals surface area contributed by atoms with Gasteiger partial charge >= 0.3 is 0 Å². The summed E-state index contributed by atoms with van der Waals surface area (Å²) in [6.45, 7) is 0.538. The minimum Gasteiger partial charge on any atom is -0.396 e. The number of nitrogens with zero attached hydrogens (tertiary/aromatic N) is 1. The van der Waals surface area contributed by atoms with Gasteiger partial charge in [0.05, 0.1) is 13.2 Å². The van der Waals surface area contributed by atoms with Crippen molar-refractivity contribution in [3.63, 3.8) is 0 Å². The van der Waals surface area contributed by atoms with Crippen LogP contribution in [0.1, 0.15) is 11.5 Å². The Morgan fingerprint density at radius 2 is 2.55 bits per heavy atom. The van der Waals surface area contributed by atoms with Gasteiger partial charge in [-0.3, -0.25) is 0 Å². The fraction of sp³-hybridized carbons (Fsp3) is 0.571. The van der Waals surface area contributed by atoms with Crippen LogP contribution in [0, 0.1) is 0 Å². The summed E-state index contributed by atoms with van der Waals surface area (Å²) in [5.74, 6) is 0.694. The standard InChI is InChI=1S/C7H11NO3/c1-10-5-6-4-7(2-3-9)11-8-6/h4,9H,2-3,5H2,1H3. The average Bonchev–Trinajstić information content (AvgIpc) is 2.38. The Balaban J connectivity index is 2.51. The summed E-state index contributed by atoms with van der Waals surface area (Å²) in [5, 5.41) is 12.3. The monoisotopic (exact) mass is 157 g/mol. The van der Waals surface area contributed by atoms with Crippen LogP contribution < -0.4 is 0 Å². The van der Waals surface area contributed by atoms with Gasteiger partial charge in [0.1, 0.15) is 11.5 Å². The molecule has 0 aliphatic heterocycles. The molecule has 0 saturated heterocycles. The Kier molecular flexibility index (Phi) is 3.07. The smallest absolute Gasteiger partial charge is 0.139 e. The van der Waals surface area contributed by atoms with Crippen LogP contribution in [0.15, 0.2) is 10.6 Å². The molecule has 0 aliphatic carbocycles. The maximum atomic E-state index is 8.54. The van der Waals surface area contributed by atoms with Crippen LogP contribution in [-0.2, 0) is 17.8 Å². The number of ether oxygens (including phenoxy) is 1. The third kappa shape index (κ3) is 2.32. The molecule has 0 bridgehead atoms. The molecule has 4 nitrogen and oxygen atoms in total. The second kappa shape index (κ2) is 4.10. The number of hydrogen-bond acceptors (Lipinski definition) is 4. The van der Waals surface area contributed by atoms with Gasteiger partial charge in [0.25, 0.3) is 0 Å². The van der Waals surface area contributed by atoms with E-state index in [9.17, 15) is 0 Å². The van der Waals surface area contributed by atoms with Crippen LogP contribution in [0.5, 0.6) is 0 Å². The maximum absolute atomic E-state index is 8.54. The van der Waals surface area contributed by atoms with Crippen LogP contribution >= 0.6 is 0 Å². The zero-order chi connectivity index (χ0) is 8.10. The van der Waals surface area contributed by atoms with Gasteiger partial charge in [0.2, 0.25) is 0 Å². The molecule has 62 valence electrons. The molecule has 1 aromatic rings. The first kappa shape index (κ1) is 8.23. The molecule has 0 atom stereocenters. The van der Waals surface area contributed by atoms with Crippen LogP contribution in [0.4, 0.5) is 0 Å². The lowest BCUT2D eigenvalue weighted by molar-refractivity contribution is 0.177. The third-order valence-corrected chi connectivity index (χ3v) is 1.26. The molecule has 0 saturated carbocycles. The Morgan fingerprint density at radius 3 is 3.18 bits per heavy atom. The second-order valence-electron chi connectivity index (χ2n) is 2.19. The highest BCUT2D eigenvalue weighted by Crippen LogP contribution is 2.04. The molecule has 0 radical (unpaired) electrons. The SMILES string of the molecule is COCc1cc(CCO)on1. The Bertz CT molecular complexity index is 189. The number of aliphatic hydroxyl groups excluding tert-OH is 1. The molecule has 0 aromatic carbocycles. The van der Waals surface area contributed by atoms with Crippen molar-refractivity contribution in [3.05, 3.63) is 17.5 Å². The normalized spacial score (nSPS) is 10.4. The number of aromatic nitrogens is 1. The van der Waals surface area contributed by atoms with Crippen molar-refractivity contribution in [3.8, 4) is 0 Å². The minimum absolute atomic E-state index is 0.0849. The van der Waals surface area contributed by atoms with Gasteiger partial charge in [-0.1, -0.05) is 5.16 Å². The number of hydrogen-bond donors (Lipinski definition) is 1. The van der Waals surface area contributed by atoms with Gasteiger partial charge in [-0.25, -0.2) is 0 Å². The molecule has 0 unspecified atom stereocenters. The summed E-state index contributed by atoms with van der Waals surface area (Å²) in [5.41, 5.74) is 0.760. The highest BCUT2D eigenvalue weighted by atomic mass is 16.5. The quantitative estimate of drug-likeness (QED) is 0.685. The van der Waals surface area contributed by atoms with Gasteiger partial charge in [-0.05, 0) is 0 Å². The van der Waals surface area contributed by atoms with Crippen molar-refractivity contribution in [2.24, 2.45) is 0 Å². The molecule has 4 heteroatoms. The first-order valence-corrected chi connectivity index (χ1v) is 3.41. The van der Waals surface area contributed by atoms with E-state index < -0.39 is 0 Å². The number of aliphatic hydroxyl groups is 1. The summed E-state index contributed by atoms with van der Waals surface area (Å²) in [6.07, 6.45) is 0.511. The molecule has 1 aromatic heterocycles. The molecular formula is C7H11NO3.